The lowest BCUT2D eigenvalue weighted by Gasteiger charge is -2.21. The standard InChI is InChI=1S/C16H21N3O2/c1-3-10-21-14-7-5-4-6-12(14)16(19-17)13-8-9-18-11-15(13)20-2/h4-9,11,16,19H,3,10,17H2,1-2H3. The smallest absolute Gasteiger partial charge is 0.142 e. The van der Waals surface area contributed by atoms with Crippen LogP contribution in [0, 0.1) is 0 Å². The average Bonchev–Trinajstić information content (AvgIpc) is 2.55. The van der Waals surface area contributed by atoms with E-state index in [0.29, 0.717) is 12.4 Å². The molecule has 0 amide bonds. The minimum atomic E-state index is -0.226. The Kier molecular flexibility index (Phi) is 5.54. The van der Waals surface area contributed by atoms with Crippen molar-refractivity contribution >= 4 is 0 Å². The third-order valence-corrected chi connectivity index (χ3v) is 3.21. The molecule has 0 spiro atoms. The zero-order valence-electron chi connectivity index (χ0n) is 12.4. The fourth-order valence-electron chi connectivity index (χ4n) is 2.21. The third-order valence-electron chi connectivity index (χ3n) is 3.21. The van der Waals surface area contributed by atoms with E-state index in [-0.39, 0.29) is 6.04 Å². The van der Waals surface area contributed by atoms with Gasteiger partial charge in [0.05, 0.1) is 26.0 Å². The number of hydrogen-bond donors (Lipinski definition) is 2. The Hall–Kier alpha value is -2.11. The lowest BCUT2D eigenvalue weighted by atomic mass is 9.98. The van der Waals surface area contributed by atoms with E-state index in [0.717, 1.165) is 23.3 Å². The fraction of sp³-hybridized carbons (Fsp3) is 0.312. The van der Waals surface area contributed by atoms with Crippen LogP contribution in [0.3, 0.4) is 0 Å². The topological polar surface area (TPSA) is 69.4 Å². The number of nitrogens with one attached hydrogen (secondary N) is 1. The SMILES string of the molecule is CCCOc1ccccc1C(NN)c1ccncc1OC. The van der Waals surface area contributed by atoms with Gasteiger partial charge in [0.25, 0.3) is 0 Å². The van der Waals surface area contributed by atoms with Crippen molar-refractivity contribution in [1.29, 1.82) is 0 Å². The van der Waals surface area contributed by atoms with E-state index in [2.05, 4.69) is 17.3 Å². The number of aromatic nitrogens is 1. The molecule has 112 valence electrons. The van der Waals surface area contributed by atoms with Gasteiger partial charge in [-0.1, -0.05) is 25.1 Å². The average molecular weight is 287 g/mol. The Bertz CT molecular complexity index is 575. The molecule has 2 rings (SSSR count). The summed E-state index contributed by atoms with van der Waals surface area (Å²) in [5, 5.41) is 0. The Morgan fingerprint density at radius 2 is 1.95 bits per heavy atom. The molecule has 1 atom stereocenters. The van der Waals surface area contributed by atoms with Crippen molar-refractivity contribution in [1.82, 2.24) is 10.4 Å². The third kappa shape index (κ3) is 3.51. The van der Waals surface area contributed by atoms with Crippen LogP contribution in [0.5, 0.6) is 11.5 Å². The zero-order valence-corrected chi connectivity index (χ0v) is 12.4. The van der Waals surface area contributed by atoms with Crippen LogP contribution in [0.1, 0.15) is 30.5 Å². The van der Waals surface area contributed by atoms with Gasteiger partial charge in [0.1, 0.15) is 11.5 Å². The maximum Gasteiger partial charge on any atom is 0.142 e. The predicted molar refractivity (Wildman–Crippen MR) is 82.2 cm³/mol. The summed E-state index contributed by atoms with van der Waals surface area (Å²) in [5.74, 6) is 7.28. The molecule has 0 aliphatic rings. The number of rotatable bonds is 7. The predicted octanol–water partition coefficient (Wildman–Crippen LogP) is 2.43. The van der Waals surface area contributed by atoms with Crippen molar-refractivity contribution in [3.8, 4) is 11.5 Å². The molecule has 0 fully saturated rings. The second kappa shape index (κ2) is 7.61. The van der Waals surface area contributed by atoms with Gasteiger partial charge in [-0.3, -0.25) is 10.8 Å². The van der Waals surface area contributed by atoms with Crippen LogP contribution in [0.4, 0.5) is 0 Å². The van der Waals surface area contributed by atoms with Crippen LogP contribution < -0.4 is 20.7 Å². The number of hydrazine groups is 1. The minimum absolute atomic E-state index is 0.226. The van der Waals surface area contributed by atoms with Crippen LogP contribution in [0.25, 0.3) is 0 Å². The Labute approximate surface area is 125 Å². The molecule has 1 aromatic heterocycles. The van der Waals surface area contributed by atoms with Crippen molar-refractivity contribution in [3.05, 3.63) is 53.9 Å². The first kappa shape index (κ1) is 15.3. The van der Waals surface area contributed by atoms with Crippen LogP contribution in [0.15, 0.2) is 42.7 Å². The summed E-state index contributed by atoms with van der Waals surface area (Å²) >= 11 is 0. The monoisotopic (exact) mass is 287 g/mol. The second-order valence-electron chi connectivity index (χ2n) is 4.60. The molecular weight excluding hydrogens is 266 g/mol. The van der Waals surface area contributed by atoms with E-state index in [4.69, 9.17) is 15.3 Å². The van der Waals surface area contributed by atoms with E-state index in [1.165, 1.54) is 0 Å². The molecule has 0 aliphatic carbocycles. The molecule has 0 bridgehead atoms. The van der Waals surface area contributed by atoms with Crippen molar-refractivity contribution in [3.63, 3.8) is 0 Å². The van der Waals surface area contributed by atoms with Crippen LogP contribution in [-0.4, -0.2) is 18.7 Å². The molecular formula is C16H21N3O2. The van der Waals surface area contributed by atoms with E-state index in [1.807, 2.05) is 30.3 Å². The Morgan fingerprint density at radius 3 is 2.67 bits per heavy atom. The lowest BCUT2D eigenvalue weighted by molar-refractivity contribution is 0.311. The molecule has 5 heteroatoms. The molecule has 21 heavy (non-hydrogen) atoms. The van der Waals surface area contributed by atoms with Crippen LogP contribution in [-0.2, 0) is 0 Å². The highest BCUT2D eigenvalue weighted by atomic mass is 16.5. The maximum absolute atomic E-state index is 5.81. The highest BCUT2D eigenvalue weighted by Gasteiger charge is 2.20. The van der Waals surface area contributed by atoms with Crippen LogP contribution in [0.2, 0.25) is 0 Å². The first-order valence-corrected chi connectivity index (χ1v) is 6.97. The lowest BCUT2D eigenvalue weighted by Crippen LogP contribution is -2.29. The molecule has 0 radical (unpaired) electrons. The summed E-state index contributed by atoms with van der Waals surface area (Å²) in [6.07, 6.45) is 4.35. The normalized spacial score (nSPS) is 12.0. The van der Waals surface area contributed by atoms with Gasteiger partial charge in [-0.2, -0.15) is 0 Å². The van der Waals surface area contributed by atoms with Gasteiger partial charge < -0.3 is 9.47 Å². The quantitative estimate of drug-likeness (QED) is 0.604. The fourth-order valence-corrected chi connectivity index (χ4v) is 2.21. The Morgan fingerprint density at radius 1 is 1.19 bits per heavy atom. The summed E-state index contributed by atoms with van der Waals surface area (Å²) in [5.41, 5.74) is 4.73. The first-order valence-electron chi connectivity index (χ1n) is 6.97. The number of benzene rings is 1. The van der Waals surface area contributed by atoms with Crippen molar-refractivity contribution in [2.24, 2.45) is 5.84 Å². The first-order chi connectivity index (χ1) is 10.3. The number of methoxy groups -OCH3 is 1. The van der Waals surface area contributed by atoms with E-state index < -0.39 is 0 Å². The summed E-state index contributed by atoms with van der Waals surface area (Å²) in [6, 6.07) is 9.52. The van der Waals surface area contributed by atoms with Crippen molar-refractivity contribution in [2.45, 2.75) is 19.4 Å². The highest BCUT2D eigenvalue weighted by molar-refractivity contribution is 5.45. The molecule has 3 N–H and O–H groups in total. The summed E-state index contributed by atoms with van der Waals surface area (Å²) in [4.78, 5) is 4.07. The number of para-hydroxylation sites is 1. The maximum atomic E-state index is 5.81. The summed E-state index contributed by atoms with van der Waals surface area (Å²) in [7, 11) is 1.62. The van der Waals surface area contributed by atoms with Gasteiger partial charge in [0, 0.05) is 17.3 Å². The van der Waals surface area contributed by atoms with Gasteiger partial charge in [0.2, 0.25) is 0 Å². The van der Waals surface area contributed by atoms with Gasteiger partial charge in [-0.15, -0.1) is 0 Å². The molecule has 1 heterocycles. The molecule has 2 aromatic rings. The number of hydrogen-bond acceptors (Lipinski definition) is 5. The van der Waals surface area contributed by atoms with Gasteiger partial charge in [0.15, 0.2) is 0 Å². The van der Waals surface area contributed by atoms with Gasteiger partial charge in [-0.05, 0) is 18.6 Å². The Balaban J connectivity index is 2.41. The van der Waals surface area contributed by atoms with E-state index in [1.54, 1.807) is 19.5 Å². The second-order valence-corrected chi connectivity index (χ2v) is 4.60. The minimum Gasteiger partial charge on any atom is -0.495 e. The summed E-state index contributed by atoms with van der Waals surface area (Å²) < 4.78 is 11.2. The molecule has 0 saturated heterocycles. The van der Waals surface area contributed by atoms with Crippen molar-refractivity contribution in [2.75, 3.05) is 13.7 Å². The number of ether oxygens (including phenoxy) is 2. The largest absolute Gasteiger partial charge is 0.495 e. The van der Waals surface area contributed by atoms with Gasteiger partial charge in [-0.25, -0.2) is 5.43 Å². The number of nitrogens with two attached hydrogens (primary N) is 1. The number of pyridine rings is 1. The molecule has 0 saturated carbocycles. The van der Waals surface area contributed by atoms with Crippen molar-refractivity contribution < 1.29 is 9.47 Å². The highest BCUT2D eigenvalue weighted by Crippen LogP contribution is 2.33. The van der Waals surface area contributed by atoms with Crippen LogP contribution >= 0.6 is 0 Å². The summed E-state index contributed by atoms with van der Waals surface area (Å²) in [6.45, 7) is 2.74. The molecule has 5 nitrogen and oxygen atoms in total. The molecule has 1 aromatic carbocycles. The van der Waals surface area contributed by atoms with E-state index >= 15 is 0 Å². The molecule has 0 aliphatic heterocycles. The zero-order chi connectivity index (χ0) is 15.1. The molecule has 1 unspecified atom stereocenters. The van der Waals surface area contributed by atoms with Gasteiger partial charge >= 0.3 is 0 Å². The van der Waals surface area contributed by atoms with E-state index in [9.17, 15) is 0 Å². The number of nitrogens with zero attached hydrogens (tertiary/aromatic N) is 1.